The first kappa shape index (κ1) is 36.6. The Bertz CT molecular complexity index is 437. The molecule has 0 amide bonds. The number of aliphatic hydroxyl groups excluding tert-OH is 1. The normalized spacial score (nSPS) is 42.1. The fourth-order valence-corrected chi connectivity index (χ4v) is 2.96. The van der Waals surface area contributed by atoms with Crippen molar-refractivity contribution in [2.24, 2.45) is 0 Å². The van der Waals surface area contributed by atoms with Gasteiger partial charge in [-0.1, -0.05) is 0 Å². The van der Waals surface area contributed by atoms with Crippen molar-refractivity contribution in [2.75, 3.05) is 6.61 Å². The van der Waals surface area contributed by atoms with Crippen molar-refractivity contribution in [2.45, 2.75) is 56.4 Å². The molecule has 0 radical (unpaired) electrons. The average Bonchev–Trinajstić information content (AvgIpc) is 2.21. The summed E-state index contributed by atoms with van der Waals surface area (Å²) in [7, 11) is -5.32. The molecule has 1 rings (SSSR count). The summed E-state index contributed by atoms with van der Waals surface area (Å²) < 4.78 is 20.4. The van der Waals surface area contributed by atoms with Crippen molar-refractivity contribution in [1.29, 1.82) is 0 Å². The first-order valence-corrected chi connectivity index (χ1v) is 7.32. The molecule has 0 spiro atoms. The minimum Gasteiger partial charge on any atom is -0.756 e. The van der Waals surface area contributed by atoms with E-state index >= 15 is 0 Å². The monoisotopic (exact) mass is 410 g/mol. The maximum atomic E-state index is 10.9. The van der Waals surface area contributed by atoms with Gasteiger partial charge in [0.25, 0.3) is 7.82 Å². The van der Waals surface area contributed by atoms with Gasteiger partial charge in [-0.2, -0.15) is 0 Å². The fourth-order valence-electron chi connectivity index (χ4n) is 2.29. The van der Waals surface area contributed by atoms with Crippen LogP contribution in [0, 0.1) is 0 Å². The largest absolute Gasteiger partial charge is 1.00 e. The number of hydrogen-bond donors (Lipinski definition) is 5. The number of rotatable bonds is 3. The smallest absolute Gasteiger partial charge is 0.756 e. The van der Waals surface area contributed by atoms with Gasteiger partial charge in [0.1, 0.15) is 22.9 Å². The molecule has 0 bridgehead atoms. The van der Waals surface area contributed by atoms with Gasteiger partial charge in [-0.3, -0.25) is 9.09 Å². The van der Waals surface area contributed by atoms with E-state index < -0.39 is 43.1 Å². The SMILES string of the molecule is CC1(O)C(C)(O)[C@](C)(O)C(CO)O[C@]1(C)OP(=O)([O-])O.O.O.O.O.[Na+]. The second-order valence-electron chi connectivity index (χ2n) is 5.59. The van der Waals surface area contributed by atoms with Gasteiger partial charge in [0.15, 0.2) is 0 Å². The van der Waals surface area contributed by atoms with Crippen LogP contribution >= 0.6 is 7.82 Å². The van der Waals surface area contributed by atoms with Crippen molar-refractivity contribution in [3.8, 4) is 0 Å². The van der Waals surface area contributed by atoms with Gasteiger partial charge in [0.2, 0.25) is 5.79 Å². The molecule has 15 heteroatoms. The van der Waals surface area contributed by atoms with Crippen LogP contribution in [-0.4, -0.2) is 82.5 Å². The molecule has 1 saturated heterocycles. The average molecular weight is 410 g/mol. The van der Waals surface area contributed by atoms with Crippen LogP contribution in [0.5, 0.6) is 0 Å². The van der Waals surface area contributed by atoms with Crippen LogP contribution in [0.15, 0.2) is 0 Å². The molecular formula is C10H28NaO13P. The minimum atomic E-state index is -5.32. The van der Waals surface area contributed by atoms with Crippen LogP contribution in [0.4, 0.5) is 0 Å². The molecule has 0 aromatic rings. The standard InChI is InChI=1S/C10H21O9P.Na.4H2O/c1-7(12)6(5-11)18-10(4,19-20(15,16)17)9(3,14)8(7,2)13;;;;;/h6,11-14H,5H2,1-4H3,(H2,15,16,17);;4*1H2/q;+1;;;;/p-1/t6?,7-,8?,9?,10-;;;;;/m1...../s1. The second-order valence-corrected chi connectivity index (χ2v) is 6.71. The van der Waals surface area contributed by atoms with Gasteiger partial charge in [-0.15, -0.1) is 0 Å². The summed E-state index contributed by atoms with van der Waals surface area (Å²) in [5, 5.41) is 40.3. The number of aliphatic hydroxyl groups is 4. The maximum absolute atomic E-state index is 10.9. The van der Waals surface area contributed by atoms with E-state index in [1.807, 2.05) is 0 Å². The second kappa shape index (κ2) is 10.3. The summed E-state index contributed by atoms with van der Waals surface area (Å²) in [6.45, 7) is 3.29. The predicted octanol–water partition coefficient (Wildman–Crippen LogP) is -8.47. The van der Waals surface area contributed by atoms with Crippen LogP contribution in [0.3, 0.4) is 0 Å². The number of ether oxygens (including phenoxy) is 1. The molecule has 13 N–H and O–H groups in total. The number of phosphoric acid groups is 1. The first-order chi connectivity index (χ1) is 8.62. The number of hydrogen-bond acceptors (Lipinski definition) is 8. The van der Waals surface area contributed by atoms with Gasteiger partial charge in [-0.25, -0.2) is 0 Å². The molecule has 0 saturated carbocycles. The van der Waals surface area contributed by atoms with Crippen LogP contribution in [0.25, 0.3) is 0 Å². The van der Waals surface area contributed by atoms with Gasteiger partial charge in [0.05, 0.1) is 6.61 Å². The van der Waals surface area contributed by atoms with E-state index in [2.05, 4.69) is 4.52 Å². The molecule has 13 nitrogen and oxygen atoms in total. The maximum Gasteiger partial charge on any atom is 1.00 e. The molecule has 1 aliphatic rings. The fraction of sp³-hybridized carbons (Fsp3) is 1.00. The molecule has 0 aromatic carbocycles. The Labute approximate surface area is 166 Å². The first-order valence-electron chi connectivity index (χ1n) is 5.83. The van der Waals surface area contributed by atoms with Crippen LogP contribution < -0.4 is 34.5 Å². The molecule has 0 aliphatic carbocycles. The minimum absolute atomic E-state index is 0. The molecule has 4 unspecified atom stereocenters. The van der Waals surface area contributed by atoms with E-state index in [-0.39, 0.29) is 51.5 Å². The van der Waals surface area contributed by atoms with Gasteiger partial charge in [0, 0.05) is 0 Å². The summed E-state index contributed by atoms with van der Waals surface area (Å²) in [6, 6.07) is 0. The Hall–Kier alpha value is 0.750. The van der Waals surface area contributed by atoms with E-state index in [0.717, 1.165) is 27.7 Å². The zero-order valence-corrected chi connectivity index (χ0v) is 17.5. The third-order valence-electron chi connectivity index (χ3n) is 4.27. The van der Waals surface area contributed by atoms with Crippen LogP contribution in [-0.2, 0) is 13.8 Å². The van der Waals surface area contributed by atoms with Crippen molar-refractivity contribution >= 4 is 7.82 Å². The number of phosphoric ester groups is 1. The Kier molecular flexibility index (Phi) is 15.1. The van der Waals surface area contributed by atoms with Gasteiger partial charge >= 0.3 is 29.6 Å². The van der Waals surface area contributed by atoms with E-state index in [1.165, 1.54) is 0 Å². The summed E-state index contributed by atoms with van der Waals surface area (Å²) in [6.07, 6.45) is -1.46. The molecule has 1 aliphatic heterocycles. The molecule has 25 heavy (non-hydrogen) atoms. The van der Waals surface area contributed by atoms with E-state index in [1.54, 1.807) is 0 Å². The predicted molar refractivity (Wildman–Crippen MR) is 77.6 cm³/mol. The molecular weight excluding hydrogens is 382 g/mol. The third kappa shape index (κ3) is 5.86. The van der Waals surface area contributed by atoms with E-state index in [9.17, 15) is 29.9 Å². The molecule has 0 aromatic heterocycles. The van der Waals surface area contributed by atoms with Crippen molar-refractivity contribution in [3.05, 3.63) is 0 Å². The quantitative estimate of drug-likeness (QED) is 0.218. The van der Waals surface area contributed by atoms with E-state index in [4.69, 9.17) is 9.63 Å². The summed E-state index contributed by atoms with van der Waals surface area (Å²) >= 11 is 0. The zero-order chi connectivity index (χ0) is 16.2. The summed E-state index contributed by atoms with van der Waals surface area (Å²) in [4.78, 5) is 19.7. The summed E-state index contributed by atoms with van der Waals surface area (Å²) in [5.74, 6) is -2.42. The Morgan fingerprint density at radius 3 is 1.68 bits per heavy atom. The topological polar surface area (TPSA) is 286 Å². The van der Waals surface area contributed by atoms with Crippen LogP contribution in [0.2, 0.25) is 0 Å². The summed E-state index contributed by atoms with van der Waals surface area (Å²) in [5.41, 5.74) is -6.87. The third-order valence-corrected chi connectivity index (χ3v) is 4.85. The van der Waals surface area contributed by atoms with E-state index in [0.29, 0.717) is 0 Å². The molecule has 6 atom stereocenters. The molecule has 1 fully saturated rings. The van der Waals surface area contributed by atoms with Crippen molar-refractivity contribution in [1.82, 2.24) is 0 Å². The zero-order valence-electron chi connectivity index (χ0n) is 14.6. The van der Waals surface area contributed by atoms with Gasteiger partial charge < -0.3 is 56.9 Å². The molecule has 152 valence electrons. The van der Waals surface area contributed by atoms with Crippen molar-refractivity contribution < 1.29 is 95.5 Å². The van der Waals surface area contributed by atoms with Gasteiger partial charge in [-0.05, 0) is 27.7 Å². The Morgan fingerprint density at radius 1 is 1.04 bits per heavy atom. The Balaban J connectivity index is -0.000000267. The van der Waals surface area contributed by atoms with Crippen LogP contribution in [0.1, 0.15) is 27.7 Å². The molecule has 1 heterocycles. The Morgan fingerprint density at radius 2 is 1.40 bits per heavy atom. The van der Waals surface area contributed by atoms with Crippen molar-refractivity contribution in [3.63, 3.8) is 0 Å².